The molecule has 0 amide bonds. The molecule has 1 unspecified atom stereocenters. The van der Waals surface area contributed by atoms with E-state index in [1.165, 1.54) is 0 Å². The minimum atomic E-state index is -1.20. The van der Waals surface area contributed by atoms with Crippen LogP contribution in [0.4, 0.5) is 5.69 Å². The van der Waals surface area contributed by atoms with Crippen molar-refractivity contribution in [2.75, 3.05) is 12.1 Å². The van der Waals surface area contributed by atoms with Crippen LogP contribution in [0, 0.1) is 0 Å². The molecule has 0 radical (unpaired) electrons. The number of carboxylic acid groups (broad SMARTS) is 1. The molecule has 120 valence electrons. The van der Waals surface area contributed by atoms with E-state index < -0.39 is 18.0 Å². The van der Waals surface area contributed by atoms with E-state index in [4.69, 9.17) is 9.84 Å². The minimum absolute atomic E-state index is 0.541. The molecule has 7 nitrogen and oxygen atoms in total. The number of hydrogen-bond acceptors (Lipinski definition) is 5. The van der Waals surface area contributed by atoms with E-state index in [-0.39, 0.29) is 0 Å². The van der Waals surface area contributed by atoms with Crippen LogP contribution in [0.25, 0.3) is 0 Å². The summed E-state index contributed by atoms with van der Waals surface area (Å²) in [5.41, 5.74) is 1.67. The van der Waals surface area contributed by atoms with Crippen molar-refractivity contribution in [3.63, 3.8) is 0 Å². The van der Waals surface area contributed by atoms with Crippen molar-refractivity contribution in [2.24, 2.45) is 0 Å². The Morgan fingerprint density at radius 2 is 2.00 bits per heavy atom. The summed E-state index contributed by atoms with van der Waals surface area (Å²) >= 11 is 0. The second kappa shape index (κ2) is 7.26. The zero-order chi connectivity index (χ0) is 16.8. The fraction of sp³-hybridized carbons (Fsp3) is 0.188. The van der Waals surface area contributed by atoms with Gasteiger partial charge in [0.2, 0.25) is 0 Å². The first-order chi connectivity index (χ1) is 11.0. The predicted molar refractivity (Wildman–Crippen MR) is 83.8 cm³/mol. The number of ether oxygens (including phenoxy) is 1. The molecule has 0 aliphatic rings. The van der Waals surface area contributed by atoms with Crippen LogP contribution < -0.4 is 5.01 Å². The molecule has 0 fully saturated rings. The number of carbonyl (C=O) groups is 2. The van der Waals surface area contributed by atoms with E-state index in [2.05, 4.69) is 4.98 Å². The van der Waals surface area contributed by atoms with Crippen molar-refractivity contribution >= 4 is 17.6 Å². The maximum absolute atomic E-state index is 11.6. The molecule has 0 saturated carbocycles. The lowest BCUT2D eigenvalue weighted by Gasteiger charge is -2.25. The van der Waals surface area contributed by atoms with Gasteiger partial charge in [0.25, 0.3) is 0 Å². The van der Waals surface area contributed by atoms with Crippen LogP contribution in [0.3, 0.4) is 0 Å². The number of pyridine rings is 1. The Hall–Kier alpha value is -3.09. The molecular weight excluding hydrogens is 298 g/mol. The van der Waals surface area contributed by atoms with Crippen molar-refractivity contribution in [2.45, 2.75) is 13.0 Å². The molecule has 2 aromatic rings. The second-order valence-corrected chi connectivity index (χ2v) is 4.76. The zero-order valence-corrected chi connectivity index (χ0v) is 12.8. The quantitative estimate of drug-likeness (QED) is 0.648. The first kappa shape index (κ1) is 16.3. The Morgan fingerprint density at radius 1 is 1.30 bits per heavy atom. The third-order valence-corrected chi connectivity index (χ3v) is 3.19. The molecule has 1 atom stereocenters. The number of nitrogens with zero attached hydrogens (tertiary/aromatic N) is 3. The highest BCUT2D eigenvalue weighted by Crippen LogP contribution is 2.21. The topological polar surface area (TPSA) is 84.7 Å². The summed E-state index contributed by atoms with van der Waals surface area (Å²) in [5.74, 6) is -1.91. The van der Waals surface area contributed by atoms with Crippen LogP contribution in [0.2, 0.25) is 0 Å². The summed E-state index contributed by atoms with van der Waals surface area (Å²) in [7, 11) is 1.87. The molecule has 0 spiro atoms. The first-order valence-electron chi connectivity index (χ1n) is 6.92. The summed E-state index contributed by atoms with van der Waals surface area (Å²) in [6, 6.07) is 7.38. The number of aromatic nitrogens is 2. The fourth-order valence-corrected chi connectivity index (χ4v) is 2.08. The lowest BCUT2D eigenvalue weighted by Crippen LogP contribution is -2.27. The summed E-state index contributed by atoms with van der Waals surface area (Å²) in [6.07, 6.45) is 6.31. The van der Waals surface area contributed by atoms with Gasteiger partial charge in [0.15, 0.2) is 0 Å². The maximum atomic E-state index is 11.6. The Balaban J connectivity index is 2.14. The van der Waals surface area contributed by atoms with Crippen molar-refractivity contribution in [3.05, 3.63) is 60.7 Å². The molecule has 2 rings (SSSR count). The van der Waals surface area contributed by atoms with Crippen LogP contribution in [0.5, 0.6) is 0 Å². The Kier molecular flexibility index (Phi) is 5.14. The molecule has 2 heterocycles. The van der Waals surface area contributed by atoms with Crippen LogP contribution in [-0.2, 0) is 14.3 Å². The number of carbonyl (C=O) groups excluding carboxylic acids is 1. The summed E-state index contributed by atoms with van der Waals surface area (Å²) < 4.78 is 7.06. The van der Waals surface area contributed by atoms with Crippen molar-refractivity contribution < 1.29 is 19.4 Å². The number of anilines is 1. The van der Waals surface area contributed by atoms with E-state index in [0.717, 1.165) is 23.5 Å². The number of rotatable bonds is 6. The van der Waals surface area contributed by atoms with Crippen LogP contribution in [0.1, 0.15) is 18.7 Å². The van der Waals surface area contributed by atoms with Gasteiger partial charge in [0, 0.05) is 37.8 Å². The molecule has 0 aromatic carbocycles. The fourth-order valence-electron chi connectivity index (χ4n) is 2.08. The molecule has 0 bridgehead atoms. The lowest BCUT2D eigenvalue weighted by atomic mass is 10.3. The largest absolute Gasteiger partial charge is 0.478 e. The van der Waals surface area contributed by atoms with Crippen LogP contribution in [-0.4, -0.2) is 33.8 Å². The Morgan fingerprint density at radius 3 is 2.65 bits per heavy atom. The van der Waals surface area contributed by atoms with E-state index in [9.17, 15) is 9.59 Å². The molecule has 0 aliphatic heterocycles. The van der Waals surface area contributed by atoms with Gasteiger partial charge in [0.1, 0.15) is 6.10 Å². The monoisotopic (exact) mass is 315 g/mol. The van der Waals surface area contributed by atoms with Gasteiger partial charge < -0.3 is 9.84 Å². The third-order valence-electron chi connectivity index (χ3n) is 3.19. The molecular formula is C16H17N3O4. The molecule has 1 N–H and O–H groups in total. The van der Waals surface area contributed by atoms with E-state index in [1.54, 1.807) is 19.3 Å². The van der Waals surface area contributed by atoms with E-state index in [0.29, 0.717) is 0 Å². The van der Waals surface area contributed by atoms with E-state index in [1.807, 2.05) is 47.2 Å². The van der Waals surface area contributed by atoms with Crippen LogP contribution >= 0.6 is 0 Å². The highest BCUT2D eigenvalue weighted by molar-refractivity contribution is 5.90. The average molecular weight is 315 g/mol. The van der Waals surface area contributed by atoms with Crippen molar-refractivity contribution in [1.82, 2.24) is 9.66 Å². The maximum Gasteiger partial charge on any atom is 0.331 e. The SMILES string of the molecule is CC(OC(=O)C=CC(=O)O)c1cccn1N(C)c1ccncc1. The highest BCUT2D eigenvalue weighted by Gasteiger charge is 2.16. The number of esters is 1. The van der Waals surface area contributed by atoms with Gasteiger partial charge in [-0.05, 0) is 31.2 Å². The highest BCUT2D eigenvalue weighted by atomic mass is 16.5. The summed E-state index contributed by atoms with van der Waals surface area (Å²) in [6.45, 7) is 1.72. The second-order valence-electron chi connectivity index (χ2n) is 4.76. The number of hydrogen-bond donors (Lipinski definition) is 1. The third kappa shape index (κ3) is 4.19. The molecule has 0 saturated heterocycles. The minimum Gasteiger partial charge on any atom is -0.478 e. The van der Waals surface area contributed by atoms with Gasteiger partial charge in [-0.2, -0.15) is 0 Å². The van der Waals surface area contributed by atoms with Crippen LogP contribution in [0.15, 0.2) is 55.0 Å². The molecule has 0 aliphatic carbocycles. The van der Waals surface area contributed by atoms with Gasteiger partial charge in [-0.25, -0.2) is 9.59 Å². The van der Waals surface area contributed by atoms with Crippen molar-refractivity contribution in [1.29, 1.82) is 0 Å². The molecule has 7 heteroatoms. The average Bonchev–Trinajstić information content (AvgIpc) is 3.02. The molecule has 23 heavy (non-hydrogen) atoms. The van der Waals surface area contributed by atoms with Gasteiger partial charge in [-0.1, -0.05) is 0 Å². The normalized spacial score (nSPS) is 12.1. The Labute approximate surface area is 133 Å². The smallest absolute Gasteiger partial charge is 0.331 e. The number of carboxylic acids is 1. The Bertz CT molecular complexity index is 709. The van der Waals surface area contributed by atoms with E-state index >= 15 is 0 Å². The van der Waals surface area contributed by atoms with Crippen molar-refractivity contribution in [3.8, 4) is 0 Å². The van der Waals surface area contributed by atoms with Gasteiger partial charge in [-0.3, -0.25) is 14.7 Å². The van der Waals surface area contributed by atoms with Gasteiger partial charge in [-0.15, -0.1) is 0 Å². The number of aliphatic carboxylic acids is 1. The lowest BCUT2D eigenvalue weighted by molar-refractivity contribution is -0.143. The standard InChI is InChI=1S/C16H17N3O4/c1-12(23-16(22)6-5-15(20)21)14-4-3-11-19(14)18(2)13-7-9-17-10-8-13/h3-12H,1-2H3,(H,20,21). The summed E-state index contributed by atoms with van der Waals surface area (Å²) in [4.78, 5) is 26.0. The zero-order valence-electron chi connectivity index (χ0n) is 12.8. The first-order valence-corrected chi connectivity index (χ1v) is 6.92. The summed E-state index contributed by atoms with van der Waals surface area (Å²) in [5, 5.41) is 10.4. The van der Waals surface area contributed by atoms with Gasteiger partial charge in [0.05, 0.1) is 11.4 Å². The predicted octanol–water partition coefficient (Wildman–Crippen LogP) is 2.03. The molecule has 2 aromatic heterocycles. The van der Waals surface area contributed by atoms with Gasteiger partial charge >= 0.3 is 11.9 Å².